The van der Waals surface area contributed by atoms with Gasteiger partial charge >= 0.3 is 0 Å². The van der Waals surface area contributed by atoms with E-state index < -0.39 is 12.1 Å². The number of nitrogens with zero attached hydrogens (tertiary/aromatic N) is 4. The van der Waals surface area contributed by atoms with Crippen LogP contribution in [-0.2, 0) is 20.9 Å². The number of likely N-dealkylation sites (tertiary alicyclic amines) is 1. The fourth-order valence-electron chi connectivity index (χ4n) is 5.53. The topological polar surface area (TPSA) is 114 Å². The Morgan fingerprint density at radius 1 is 1.13 bits per heavy atom. The van der Waals surface area contributed by atoms with E-state index in [1.54, 1.807) is 30.3 Å². The summed E-state index contributed by atoms with van der Waals surface area (Å²) in [6.45, 7) is 2.19. The summed E-state index contributed by atoms with van der Waals surface area (Å²) in [5, 5.41) is 3.09. The Labute approximate surface area is 221 Å². The van der Waals surface area contributed by atoms with Gasteiger partial charge in [0.1, 0.15) is 24.5 Å². The molecule has 38 heavy (non-hydrogen) atoms. The first-order valence-corrected chi connectivity index (χ1v) is 12.8. The number of benzene rings is 1. The summed E-state index contributed by atoms with van der Waals surface area (Å²) >= 11 is 0. The van der Waals surface area contributed by atoms with Crippen LogP contribution in [0, 0.1) is 0 Å². The first kappa shape index (κ1) is 25.9. The van der Waals surface area contributed by atoms with E-state index in [2.05, 4.69) is 15.2 Å². The van der Waals surface area contributed by atoms with Gasteiger partial charge in [-0.15, -0.1) is 0 Å². The largest absolute Gasteiger partial charge is 0.496 e. The smallest absolute Gasteiger partial charge is 0.257 e. The molecule has 3 atom stereocenters. The van der Waals surface area contributed by atoms with Crippen molar-refractivity contribution in [1.82, 2.24) is 25.0 Å². The van der Waals surface area contributed by atoms with Crippen LogP contribution in [0.25, 0.3) is 0 Å². The average Bonchev–Trinajstić information content (AvgIpc) is 3.33. The lowest BCUT2D eigenvalue weighted by atomic mass is 10.1. The zero-order chi connectivity index (χ0) is 26.6. The number of para-hydroxylation sites is 1. The molecule has 11 heteroatoms. The number of rotatable bonds is 5. The van der Waals surface area contributed by atoms with E-state index in [4.69, 9.17) is 14.2 Å². The van der Waals surface area contributed by atoms with Crippen molar-refractivity contribution in [3.05, 3.63) is 53.7 Å². The fourth-order valence-corrected chi connectivity index (χ4v) is 5.53. The van der Waals surface area contributed by atoms with Gasteiger partial charge in [0.15, 0.2) is 0 Å². The minimum absolute atomic E-state index is 0.0247. The van der Waals surface area contributed by atoms with Crippen LogP contribution >= 0.6 is 0 Å². The van der Waals surface area contributed by atoms with Gasteiger partial charge in [-0.05, 0) is 24.6 Å². The third-order valence-corrected chi connectivity index (χ3v) is 7.40. The van der Waals surface area contributed by atoms with E-state index in [1.165, 1.54) is 7.11 Å². The third kappa shape index (κ3) is 5.30. The van der Waals surface area contributed by atoms with Crippen molar-refractivity contribution >= 4 is 17.7 Å². The van der Waals surface area contributed by atoms with Gasteiger partial charge in [-0.1, -0.05) is 18.2 Å². The van der Waals surface area contributed by atoms with Crippen LogP contribution in [-0.4, -0.2) is 109 Å². The van der Waals surface area contributed by atoms with Gasteiger partial charge in [-0.2, -0.15) is 0 Å². The Balaban J connectivity index is 1.47. The summed E-state index contributed by atoms with van der Waals surface area (Å²) in [6, 6.07) is 10.0. The monoisotopic (exact) mass is 523 g/mol. The molecule has 1 N–H and O–H groups in total. The van der Waals surface area contributed by atoms with Crippen molar-refractivity contribution in [2.75, 3.05) is 53.6 Å². The molecule has 0 saturated carbocycles. The Kier molecular flexibility index (Phi) is 7.75. The van der Waals surface area contributed by atoms with E-state index in [9.17, 15) is 14.4 Å². The molecule has 1 aromatic heterocycles. The molecule has 3 aliphatic heterocycles. The quantitative estimate of drug-likeness (QED) is 0.604. The molecule has 5 rings (SSSR count). The first-order chi connectivity index (χ1) is 18.5. The normalized spacial score (nSPS) is 23.9. The number of pyridine rings is 1. The summed E-state index contributed by atoms with van der Waals surface area (Å²) in [5.41, 5.74) is 1.31. The third-order valence-electron chi connectivity index (χ3n) is 7.40. The number of ether oxygens (including phenoxy) is 3. The highest BCUT2D eigenvalue weighted by Gasteiger charge is 2.43. The molecule has 1 aromatic carbocycles. The number of methoxy groups -OCH3 is 2. The highest BCUT2D eigenvalue weighted by atomic mass is 16.5. The number of fused-ring (bicyclic) bond motifs is 4. The molecule has 3 aliphatic rings. The Morgan fingerprint density at radius 2 is 1.97 bits per heavy atom. The maximum Gasteiger partial charge on any atom is 0.257 e. The second-order valence-electron chi connectivity index (χ2n) is 9.79. The van der Waals surface area contributed by atoms with Crippen LogP contribution in [0.3, 0.4) is 0 Å². The Morgan fingerprint density at radius 3 is 2.79 bits per heavy atom. The van der Waals surface area contributed by atoms with Gasteiger partial charge in [0.05, 0.1) is 19.2 Å². The first-order valence-electron chi connectivity index (χ1n) is 12.8. The van der Waals surface area contributed by atoms with Crippen LogP contribution in [0.5, 0.6) is 11.6 Å². The second kappa shape index (κ2) is 11.4. The van der Waals surface area contributed by atoms with Crippen molar-refractivity contribution in [2.24, 2.45) is 0 Å². The standard InChI is InChI=1S/C27H33N5O6/c1-36-17-24(33)30-10-11-32-20(15-30)16-38-26-21(7-5-9-28-26)25(34)29-19-12-22(27(32)35)31(14-19)13-18-6-3-4-8-23(18)37-2/h3-9,19-20,22H,10-17H2,1-2H3,(H,29,34)/t19-,20+,22+/m1/s1. The number of carbonyl (C=O) groups is 3. The zero-order valence-electron chi connectivity index (χ0n) is 21.7. The van der Waals surface area contributed by atoms with E-state index >= 15 is 0 Å². The molecule has 2 saturated heterocycles. The van der Waals surface area contributed by atoms with Crippen molar-refractivity contribution in [1.29, 1.82) is 0 Å². The summed E-state index contributed by atoms with van der Waals surface area (Å²) in [6.07, 6.45) is 2.04. The number of hydrogen-bond donors (Lipinski definition) is 1. The number of nitrogens with one attached hydrogen (secondary N) is 1. The van der Waals surface area contributed by atoms with E-state index in [-0.39, 0.29) is 42.9 Å². The van der Waals surface area contributed by atoms with E-state index in [1.807, 2.05) is 29.2 Å². The van der Waals surface area contributed by atoms with Crippen LogP contribution in [0.4, 0.5) is 0 Å². The lowest BCUT2D eigenvalue weighted by molar-refractivity contribution is -0.148. The predicted molar refractivity (Wildman–Crippen MR) is 137 cm³/mol. The van der Waals surface area contributed by atoms with Crippen LogP contribution in [0.2, 0.25) is 0 Å². The number of aromatic nitrogens is 1. The molecule has 3 amide bonds. The molecular weight excluding hydrogens is 490 g/mol. The van der Waals surface area contributed by atoms with Gasteiger partial charge in [0, 0.05) is 57.6 Å². The van der Waals surface area contributed by atoms with Gasteiger partial charge in [-0.25, -0.2) is 4.98 Å². The number of amides is 3. The number of hydrogen-bond acceptors (Lipinski definition) is 8. The lowest BCUT2D eigenvalue weighted by Gasteiger charge is -2.43. The van der Waals surface area contributed by atoms with Crippen molar-refractivity contribution in [3.63, 3.8) is 0 Å². The molecule has 4 heterocycles. The number of carbonyl (C=O) groups excluding carboxylic acids is 3. The molecule has 2 aromatic rings. The van der Waals surface area contributed by atoms with E-state index in [0.29, 0.717) is 44.7 Å². The highest BCUT2D eigenvalue weighted by molar-refractivity contribution is 5.96. The van der Waals surface area contributed by atoms with Crippen molar-refractivity contribution < 1.29 is 28.6 Å². The Bertz CT molecular complexity index is 1190. The lowest BCUT2D eigenvalue weighted by Crippen LogP contribution is -2.61. The number of piperazine rings is 1. The molecule has 0 aliphatic carbocycles. The maximum atomic E-state index is 14.1. The molecule has 0 spiro atoms. The zero-order valence-corrected chi connectivity index (χ0v) is 21.7. The summed E-state index contributed by atoms with van der Waals surface area (Å²) in [5.74, 6) is 0.494. The minimum atomic E-state index is -0.443. The molecule has 0 unspecified atom stereocenters. The Hall–Kier alpha value is -3.70. The van der Waals surface area contributed by atoms with Gasteiger partial charge < -0.3 is 29.3 Å². The maximum absolute atomic E-state index is 14.1. The predicted octanol–water partition coefficient (Wildman–Crippen LogP) is 0.541. The average molecular weight is 524 g/mol. The fraction of sp³-hybridized carbons (Fsp3) is 0.481. The van der Waals surface area contributed by atoms with Crippen LogP contribution < -0.4 is 14.8 Å². The molecular formula is C27H33N5O6. The summed E-state index contributed by atoms with van der Waals surface area (Å²) in [7, 11) is 3.11. The van der Waals surface area contributed by atoms with Gasteiger partial charge in [0.2, 0.25) is 17.7 Å². The SMILES string of the molecule is COCC(=O)N1CCN2C(=O)[C@@H]3C[C@H](CN3Cc3ccccc3OC)NC(=O)c3cccnc3OC[C@@H]2C1. The molecule has 2 fully saturated rings. The minimum Gasteiger partial charge on any atom is -0.496 e. The second-order valence-corrected chi connectivity index (χ2v) is 9.79. The molecule has 0 radical (unpaired) electrons. The summed E-state index contributed by atoms with van der Waals surface area (Å²) in [4.78, 5) is 49.8. The summed E-state index contributed by atoms with van der Waals surface area (Å²) < 4.78 is 16.6. The van der Waals surface area contributed by atoms with Crippen LogP contribution in [0.1, 0.15) is 22.3 Å². The van der Waals surface area contributed by atoms with Crippen molar-refractivity contribution in [2.45, 2.75) is 31.1 Å². The van der Waals surface area contributed by atoms with Gasteiger partial charge in [-0.3, -0.25) is 19.3 Å². The van der Waals surface area contributed by atoms with Crippen LogP contribution in [0.15, 0.2) is 42.6 Å². The highest BCUT2D eigenvalue weighted by Crippen LogP contribution is 2.29. The molecule has 2 bridgehead atoms. The van der Waals surface area contributed by atoms with Crippen molar-refractivity contribution in [3.8, 4) is 11.6 Å². The van der Waals surface area contributed by atoms with Gasteiger partial charge in [0.25, 0.3) is 5.91 Å². The molecule has 202 valence electrons. The van der Waals surface area contributed by atoms with E-state index in [0.717, 1.165) is 11.3 Å². The molecule has 11 nitrogen and oxygen atoms in total.